The third-order valence-corrected chi connectivity index (χ3v) is 4.74. The Morgan fingerprint density at radius 1 is 1.17 bits per heavy atom. The van der Waals surface area contributed by atoms with Crippen LogP contribution < -0.4 is 11.1 Å². The number of nitrogens with zero attached hydrogens (tertiary/aromatic N) is 1. The number of amides is 2. The lowest BCUT2D eigenvalue weighted by Crippen LogP contribution is -2.51. The van der Waals surface area contributed by atoms with Crippen molar-refractivity contribution in [3.8, 4) is 0 Å². The molecule has 0 aromatic rings. The van der Waals surface area contributed by atoms with E-state index in [1.807, 2.05) is 4.90 Å². The maximum absolute atomic E-state index is 12.8. The standard InChI is InChI=1S/C15H24F3N3O2/c16-15(17,18)11-4-1-3-10(7-11)14(23)20-12-5-2-6-21(8-12)9-13(19)22/h10-12H,1-9H2,(H2,19,22)(H,20,23)/t10-,11-,12-/m0/s1. The molecule has 0 aromatic heterocycles. The van der Waals surface area contributed by atoms with Crippen molar-refractivity contribution in [1.82, 2.24) is 10.2 Å². The average molecular weight is 335 g/mol. The smallest absolute Gasteiger partial charge is 0.369 e. The van der Waals surface area contributed by atoms with Crippen LogP contribution in [0.1, 0.15) is 38.5 Å². The van der Waals surface area contributed by atoms with Crippen molar-refractivity contribution in [3.63, 3.8) is 0 Å². The Balaban J connectivity index is 1.85. The molecule has 3 atom stereocenters. The van der Waals surface area contributed by atoms with Gasteiger partial charge in [-0.15, -0.1) is 0 Å². The largest absolute Gasteiger partial charge is 0.391 e. The summed E-state index contributed by atoms with van der Waals surface area (Å²) in [5.74, 6) is -2.64. The van der Waals surface area contributed by atoms with Gasteiger partial charge in [0.25, 0.3) is 0 Å². The molecule has 1 heterocycles. The first-order valence-electron chi connectivity index (χ1n) is 8.13. The lowest BCUT2D eigenvalue weighted by Gasteiger charge is -2.34. The van der Waals surface area contributed by atoms with Crippen LogP contribution in [0.15, 0.2) is 0 Å². The number of hydrogen-bond acceptors (Lipinski definition) is 3. The van der Waals surface area contributed by atoms with Crippen LogP contribution in [0.2, 0.25) is 0 Å². The van der Waals surface area contributed by atoms with Gasteiger partial charge in [-0.2, -0.15) is 13.2 Å². The number of likely N-dealkylation sites (tertiary alicyclic amines) is 1. The maximum Gasteiger partial charge on any atom is 0.391 e. The number of carbonyl (C=O) groups is 2. The van der Waals surface area contributed by atoms with Gasteiger partial charge in [-0.05, 0) is 38.6 Å². The first-order chi connectivity index (χ1) is 10.8. The molecule has 0 unspecified atom stereocenters. The number of piperidine rings is 1. The summed E-state index contributed by atoms with van der Waals surface area (Å²) in [4.78, 5) is 25.1. The van der Waals surface area contributed by atoms with Gasteiger partial charge in [0.1, 0.15) is 0 Å². The predicted octanol–water partition coefficient (Wildman–Crippen LogP) is 1.42. The van der Waals surface area contributed by atoms with E-state index >= 15 is 0 Å². The molecule has 2 aliphatic rings. The van der Waals surface area contributed by atoms with Gasteiger partial charge in [0.05, 0.1) is 12.5 Å². The fourth-order valence-electron chi connectivity index (χ4n) is 3.58. The van der Waals surface area contributed by atoms with Crippen molar-refractivity contribution < 1.29 is 22.8 Å². The second kappa shape index (κ2) is 7.51. The van der Waals surface area contributed by atoms with Crippen LogP contribution in [0.4, 0.5) is 13.2 Å². The molecule has 2 amide bonds. The number of primary amides is 1. The molecule has 2 fully saturated rings. The molecule has 5 nitrogen and oxygen atoms in total. The van der Waals surface area contributed by atoms with Crippen molar-refractivity contribution in [2.24, 2.45) is 17.6 Å². The van der Waals surface area contributed by atoms with Crippen LogP contribution in [0.25, 0.3) is 0 Å². The first-order valence-corrected chi connectivity index (χ1v) is 8.13. The summed E-state index contributed by atoms with van der Waals surface area (Å²) in [5, 5.41) is 2.86. The molecule has 132 valence electrons. The second-order valence-corrected chi connectivity index (χ2v) is 6.65. The summed E-state index contributed by atoms with van der Waals surface area (Å²) in [6, 6.07) is -0.123. The SMILES string of the molecule is NC(=O)CN1CCC[C@H](NC(=O)[C@H]2CCC[C@H](C(F)(F)F)C2)C1. The van der Waals surface area contributed by atoms with E-state index in [1.54, 1.807) is 0 Å². The molecule has 8 heteroatoms. The highest BCUT2D eigenvalue weighted by atomic mass is 19.4. The Hall–Kier alpha value is -1.31. The van der Waals surface area contributed by atoms with E-state index in [0.717, 1.165) is 19.4 Å². The Bertz CT molecular complexity index is 442. The van der Waals surface area contributed by atoms with Crippen LogP contribution in [0, 0.1) is 11.8 Å². The third-order valence-electron chi connectivity index (χ3n) is 4.74. The molecule has 1 saturated carbocycles. The molecule has 23 heavy (non-hydrogen) atoms. The fourth-order valence-corrected chi connectivity index (χ4v) is 3.58. The minimum absolute atomic E-state index is 0.114. The Morgan fingerprint density at radius 3 is 2.57 bits per heavy atom. The van der Waals surface area contributed by atoms with E-state index in [9.17, 15) is 22.8 Å². The van der Waals surface area contributed by atoms with Gasteiger partial charge in [-0.25, -0.2) is 0 Å². The van der Waals surface area contributed by atoms with Crippen molar-refractivity contribution in [2.75, 3.05) is 19.6 Å². The van der Waals surface area contributed by atoms with E-state index in [0.29, 0.717) is 19.4 Å². The van der Waals surface area contributed by atoms with Gasteiger partial charge in [0.15, 0.2) is 0 Å². The van der Waals surface area contributed by atoms with Crippen LogP contribution in [0.3, 0.4) is 0 Å². The van der Waals surface area contributed by atoms with Crippen LogP contribution in [-0.2, 0) is 9.59 Å². The minimum Gasteiger partial charge on any atom is -0.369 e. The molecule has 0 bridgehead atoms. The Morgan fingerprint density at radius 2 is 1.91 bits per heavy atom. The van der Waals surface area contributed by atoms with E-state index < -0.39 is 23.9 Å². The Kier molecular flexibility index (Phi) is 5.89. The molecule has 1 saturated heterocycles. The summed E-state index contributed by atoms with van der Waals surface area (Å²) in [7, 11) is 0. The number of rotatable bonds is 4. The number of nitrogens with two attached hydrogens (primary N) is 1. The highest BCUT2D eigenvalue weighted by Gasteiger charge is 2.43. The molecule has 1 aliphatic heterocycles. The maximum atomic E-state index is 12.8. The van der Waals surface area contributed by atoms with Crippen molar-refractivity contribution >= 4 is 11.8 Å². The van der Waals surface area contributed by atoms with Crippen molar-refractivity contribution in [3.05, 3.63) is 0 Å². The summed E-state index contributed by atoms with van der Waals surface area (Å²) >= 11 is 0. The highest BCUT2D eigenvalue weighted by molar-refractivity contribution is 5.79. The topological polar surface area (TPSA) is 75.4 Å². The van der Waals surface area contributed by atoms with Crippen molar-refractivity contribution in [1.29, 1.82) is 0 Å². The molecule has 0 spiro atoms. The van der Waals surface area contributed by atoms with Crippen LogP contribution in [0.5, 0.6) is 0 Å². The first kappa shape index (κ1) is 18.0. The highest BCUT2D eigenvalue weighted by Crippen LogP contribution is 2.40. The van der Waals surface area contributed by atoms with Crippen LogP contribution >= 0.6 is 0 Å². The van der Waals surface area contributed by atoms with Crippen LogP contribution in [-0.4, -0.2) is 48.6 Å². The summed E-state index contributed by atoms with van der Waals surface area (Å²) in [6.45, 7) is 1.41. The van der Waals surface area contributed by atoms with Gasteiger partial charge < -0.3 is 11.1 Å². The number of hydrogen-bond donors (Lipinski definition) is 2. The molecule has 3 N–H and O–H groups in total. The summed E-state index contributed by atoms with van der Waals surface area (Å²) in [6.07, 6.45) is -1.68. The summed E-state index contributed by atoms with van der Waals surface area (Å²) < 4.78 is 38.5. The van der Waals surface area contributed by atoms with Gasteiger partial charge >= 0.3 is 6.18 Å². The zero-order chi connectivity index (χ0) is 17.0. The van der Waals surface area contributed by atoms with E-state index in [-0.39, 0.29) is 31.3 Å². The fraction of sp³-hybridized carbons (Fsp3) is 0.867. The number of carbonyl (C=O) groups excluding carboxylic acids is 2. The molecular weight excluding hydrogens is 311 g/mol. The quantitative estimate of drug-likeness (QED) is 0.816. The zero-order valence-electron chi connectivity index (χ0n) is 13.1. The van der Waals surface area contributed by atoms with Gasteiger partial charge in [0.2, 0.25) is 11.8 Å². The lowest BCUT2D eigenvalue weighted by atomic mass is 9.80. The molecule has 1 aliphatic carbocycles. The monoisotopic (exact) mass is 335 g/mol. The normalized spacial score (nSPS) is 30.0. The van der Waals surface area contributed by atoms with E-state index in [1.165, 1.54) is 0 Å². The number of alkyl halides is 3. The number of halogens is 3. The average Bonchev–Trinajstić information content (AvgIpc) is 2.46. The molecular formula is C15H24F3N3O2. The van der Waals surface area contributed by atoms with Gasteiger partial charge in [0, 0.05) is 18.5 Å². The van der Waals surface area contributed by atoms with Gasteiger partial charge in [-0.1, -0.05) is 6.42 Å². The zero-order valence-corrected chi connectivity index (χ0v) is 13.1. The Labute approximate surface area is 133 Å². The second-order valence-electron chi connectivity index (χ2n) is 6.65. The van der Waals surface area contributed by atoms with E-state index in [4.69, 9.17) is 5.73 Å². The third kappa shape index (κ3) is 5.37. The van der Waals surface area contributed by atoms with Crippen molar-refractivity contribution in [2.45, 2.75) is 50.7 Å². The molecule has 2 rings (SSSR count). The van der Waals surface area contributed by atoms with Gasteiger partial charge in [-0.3, -0.25) is 14.5 Å². The minimum atomic E-state index is -4.22. The number of nitrogens with one attached hydrogen (secondary N) is 1. The molecule has 0 radical (unpaired) electrons. The lowest BCUT2D eigenvalue weighted by molar-refractivity contribution is -0.186. The molecule has 0 aromatic carbocycles. The predicted molar refractivity (Wildman–Crippen MR) is 78.3 cm³/mol. The summed E-state index contributed by atoms with van der Waals surface area (Å²) in [5.41, 5.74) is 5.17. The van der Waals surface area contributed by atoms with E-state index in [2.05, 4.69) is 5.32 Å².